The van der Waals surface area contributed by atoms with Crippen molar-refractivity contribution in [3.63, 3.8) is 0 Å². The second-order valence-electron chi connectivity index (χ2n) is 5.03. The van der Waals surface area contributed by atoms with Gasteiger partial charge in [-0.2, -0.15) is 0 Å². The summed E-state index contributed by atoms with van der Waals surface area (Å²) in [5.74, 6) is 0.00270. The van der Waals surface area contributed by atoms with Gasteiger partial charge >= 0.3 is 0 Å². The summed E-state index contributed by atoms with van der Waals surface area (Å²) in [4.78, 5) is 2.13. The maximum atomic E-state index is 10.5. The quantitative estimate of drug-likeness (QED) is 0.782. The van der Waals surface area contributed by atoms with Gasteiger partial charge < -0.3 is 5.11 Å². The normalized spacial score (nSPS) is 13.8. The van der Waals surface area contributed by atoms with Crippen LogP contribution in [0.15, 0.2) is 71.0 Å². The molecule has 0 aliphatic carbocycles. The van der Waals surface area contributed by atoms with E-state index < -0.39 is 6.10 Å². The Morgan fingerprint density at radius 1 is 1.05 bits per heavy atom. The molecule has 2 rings (SSSR count). The van der Waals surface area contributed by atoms with Gasteiger partial charge in [-0.15, -0.1) is 0 Å². The highest BCUT2D eigenvalue weighted by Crippen LogP contribution is 2.36. The number of thioether (sulfide) groups is 1. The zero-order chi connectivity index (χ0) is 14.5. The van der Waals surface area contributed by atoms with Gasteiger partial charge in [-0.05, 0) is 29.5 Å². The first-order chi connectivity index (χ1) is 9.58. The minimum atomic E-state index is -0.515. The molecule has 0 aromatic heterocycles. The Balaban J connectivity index is 2.04. The molecule has 0 bridgehead atoms. The first kappa shape index (κ1) is 14.9. The summed E-state index contributed by atoms with van der Waals surface area (Å²) in [6.45, 7) is 8.18. The summed E-state index contributed by atoms with van der Waals surface area (Å²) in [5, 5.41) is 10.5. The van der Waals surface area contributed by atoms with Crippen LogP contribution in [0.4, 0.5) is 0 Å². The van der Waals surface area contributed by atoms with Gasteiger partial charge in [0, 0.05) is 10.8 Å². The topological polar surface area (TPSA) is 20.2 Å². The SMILES string of the molecule is C=C(Sc1ccccc1)[C@H](C)[C@@H](O)c1ccc(C)cc1. The van der Waals surface area contributed by atoms with Gasteiger partial charge in [-0.1, -0.05) is 73.3 Å². The smallest absolute Gasteiger partial charge is 0.0860 e. The summed E-state index contributed by atoms with van der Waals surface area (Å²) >= 11 is 1.62. The summed E-state index contributed by atoms with van der Waals surface area (Å²) < 4.78 is 0. The van der Waals surface area contributed by atoms with E-state index in [-0.39, 0.29) is 5.92 Å². The molecular formula is C18H20OS. The van der Waals surface area contributed by atoms with Gasteiger partial charge in [-0.3, -0.25) is 0 Å². The van der Waals surface area contributed by atoms with Crippen LogP contribution in [0.2, 0.25) is 0 Å². The van der Waals surface area contributed by atoms with E-state index in [1.165, 1.54) is 5.56 Å². The van der Waals surface area contributed by atoms with E-state index >= 15 is 0 Å². The Morgan fingerprint density at radius 3 is 2.25 bits per heavy atom. The molecule has 0 spiro atoms. The lowest BCUT2D eigenvalue weighted by molar-refractivity contribution is 0.138. The molecule has 0 radical (unpaired) electrons. The van der Waals surface area contributed by atoms with E-state index in [9.17, 15) is 5.11 Å². The number of rotatable bonds is 5. The third-order valence-electron chi connectivity index (χ3n) is 3.39. The fraction of sp³-hybridized carbons (Fsp3) is 0.222. The fourth-order valence-corrected chi connectivity index (χ4v) is 2.87. The van der Waals surface area contributed by atoms with Crippen molar-refractivity contribution in [1.82, 2.24) is 0 Å². The van der Waals surface area contributed by atoms with Crippen molar-refractivity contribution in [2.24, 2.45) is 5.92 Å². The van der Waals surface area contributed by atoms with E-state index in [4.69, 9.17) is 0 Å². The van der Waals surface area contributed by atoms with Crippen LogP contribution in [0, 0.1) is 12.8 Å². The Bertz CT molecular complexity index is 560. The number of benzene rings is 2. The second-order valence-corrected chi connectivity index (χ2v) is 6.23. The molecule has 1 N–H and O–H groups in total. The number of hydrogen-bond donors (Lipinski definition) is 1. The second kappa shape index (κ2) is 6.78. The monoisotopic (exact) mass is 284 g/mol. The highest BCUT2D eigenvalue weighted by Gasteiger charge is 2.19. The Morgan fingerprint density at radius 2 is 1.65 bits per heavy atom. The van der Waals surface area contributed by atoms with Crippen LogP contribution in [0.3, 0.4) is 0 Å². The van der Waals surface area contributed by atoms with Gasteiger partial charge in [0.15, 0.2) is 0 Å². The molecular weight excluding hydrogens is 264 g/mol. The number of aliphatic hydroxyl groups is 1. The average Bonchev–Trinajstić information content (AvgIpc) is 2.47. The third kappa shape index (κ3) is 3.75. The van der Waals surface area contributed by atoms with Gasteiger partial charge in [0.2, 0.25) is 0 Å². The molecule has 0 heterocycles. The minimum Gasteiger partial charge on any atom is -0.388 e. The standard InChI is InChI=1S/C18H20OS/c1-13-9-11-16(12-10-13)18(19)14(2)15(3)20-17-7-5-4-6-8-17/h4-12,14,18-19H,3H2,1-2H3/t14-,18+/m0/s1. The van der Waals surface area contributed by atoms with Crippen molar-refractivity contribution < 1.29 is 5.11 Å². The minimum absolute atomic E-state index is 0.00270. The highest BCUT2D eigenvalue weighted by atomic mass is 32.2. The summed E-state index contributed by atoms with van der Waals surface area (Å²) in [6, 6.07) is 18.1. The van der Waals surface area contributed by atoms with Crippen LogP contribution in [-0.2, 0) is 0 Å². The highest BCUT2D eigenvalue weighted by molar-refractivity contribution is 8.03. The van der Waals surface area contributed by atoms with Crippen molar-refractivity contribution in [2.45, 2.75) is 24.8 Å². The lowest BCUT2D eigenvalue weighted by atomic mass is 9.97. The van der Waals surface area contributed by atoms with E-state index in [1.807, 2.05) is 56.3 Å². The van der Waals surface area contributed by atoms with Crippen LogP contribution in [0.1, 0.15) is 24.2 Å². The molecule has 0 aliphatic rings. The van der Waals surface area contributed by atoms with Gasteiger partial charge in [0.25, 0.3) is 0 Å². The van der Waals surface area contributed by atoms with E-state index in [2.05, 4.69) is 18.7 Å². The van der Waals surface area contributed by atoms with Gasteiger partial charge in [0.1, 0.15) is 0 Å². The van der Waals surface area contributed by atoms with E-state index in [0.29, 0.717) is 0 Å². The molecule has 104 valence electrons. The number of hydrogen-bond acceptors (Lipinski definition) is 2. The zero-order valence-corrected chi connectivity index (χ0v) is 12.7. The summed E-state index contributed by atoms with van der Waals surface area (Å²) in [7, 11) is 0. The molecule has 0 saturated carbocycles. The van der Waals surface area contributed by atoms with Gasteiger partial charge in [0.05, 0.1) is 6.10 Å². The predicted molar refractivity (Wildman–Crippen MR) is 86.7 cm³/mol. The summed E-state index contributed by atoms with van der Waals surface area (Å²) in [5.41, 5.74) is 2.14. The molecule has 0 aliphatic heterocycles. The maximum Gasteiger partial charge on any atom is 0.0860 e. The molecule has 20 heavy (non-hydrogen) atoms. The molecule has 1 nitrogen and oxygen atoms in total. The van der Waals surface area contributed by atoms with Crippen molar-refractivity contribution in [3.05, 3.63) is 77.2 Å². The number of aliphatic hydroxyl groups excluding tert-OH is 1. The van der Waals surface area contributed by atoms with Crippen molar-refractivity contribution >= 4 is 11.8 Å². The van der Waals surface area contributed by atoms with Crippen LogP contribution >= 0.6 is 11.8 Å². The first-order valence-corrected chi connectivity index (χ1v) is 7.56. The third-order valence-corrected chi connectivity index (χ3v) is 4.53. The van der Waals surface area contributed by atoms with Crippen LogP contribution in [0.5, 0.6) is 0 Å². The Hall–Kier alpha value is -1.51. The lowest BCUT2D eigenvalue weighted by Crippen LogP contribution is -2.09. The molecule has 2 atom stereocenters. The molecule has 0 unspecified atom stereocenters. The molecule has 0 amide bonds. The van der Waals surface area contributed by atoms with E-state index in [1.54, 1.807) is 11.8 Å². The Labute approximate surface area is 125 Å². The fourth-order valence-electron chi connectivity index (χ4n) is 1.96. The molecule has 0 fully saturated rings. The van der Waals surface area contributed by atoms with Crippen molar-refractivity contribution in [2.75, 3.05) is 0 Å². The molecule has 2 heteroatoms. The largest absolute Gasteiger partial charge is 0.388 e. The van der Waals surface area contributed by atoms with E-state index in [0.717, 1.165) is 15.4 Å². The molecule has 0 saturated heterocycles. The van der Waals surface area contributed by atoms with Crippen LogP contribution in [0.25, 0.3) is 0 Å². The zero-order valence-electron chi connectivity index (χ0n) is 11.9. The first-order valence-electron chi connectivity index (χ1n) is 6.74. The lowest BCUT2D eigenvalue weighted by Gasteiger charge is -2.21. The van der Waals surface area contributed by atoms with Gasteiger partial charge in [-0.25, -0.2) is 0 Å². The number of aryl methyl sites for hydroxylation is 1. The average molecular weight is 284 g/mol. The maximum absolute atomic E-state index is 10.5. The molecule has 2 aromatic carbocycles. The Kier molecular flexibility index (Phi) is 5.05. The molecule has 2 aromatic rings. The summed E-state index contributed by atoms with van der Waals surface area (Å²) in [6.07, 6.45) is -0.515. The predicted octanol–water partition coefficient (Wildman–Crippen LogP) is 4.97. The van der Waals surface area contributed by atoms with Crippen molar-refractivity contribution in [3.8, 4) is 0 Å². The van der Waals surface area contributed by atoms with Crippen LogP contribution < -0.4 is 0 Å². The van der Waals surface area contributed by atoms with Crippen LogP contribution in [-0.4, -0.2) is 5.11 Å². The van der Waals surface area contributed by atoms with Crippen molar-refractivity contribution in [1.29, 1.82) is 0 Å².